The zero-order valence-corrected chi connectivity index (χ0v) is 11.8. The average molecular weight is 315 g/mol. The zero-order chi connectivity index (χ0) is 13.3. The van der Waals surface area contributed by atoms with E-state index < -0.39 is 0 Å². The predicted molar refractivity (Wildman–Crippen MR) is 71.0 cm³/mol. The summed E-state index contributed by atoms with van der Waals surface area (Å²) in [6.45, 7) is 3.29. The number of nitrogens with zero attached hydrogens (tertiary/aromatic N) is 3. The first-order valence-electron chi connectivity index (χ1n) is 5.64. The van der Waals surface area contributed by atoms with Crippen molar-refractivity contribution in [2.45, 2.75) is 6.92 Å². The van der Waals surface area contributed by atoms with Crippen molar-refractivity contribution in [1.29, 1.82) is 0 Å². The van der Waals surface area contributed by atoms with Crippen molar-refractivity contribution in [1.82, 2.24) is 9.97 Å². The van der Waals surface area contributed by atoms with E-state index in [0.717, 1.165) is 6.54 Å². The minimum absolute atomic E-state index is 0.140. The number of nitrogen functional groups attached to an aromatic ring is 1. The Kier molecular flexibility index (Phi) is 3.70. The zero-order valence-electron chi connectivity index (χ0n) is 10.3. The van der Waals surface area contributed by atoms with Crippen molar-refractivity contribution in [3.63, 3.8) is 0 Å². The van der Waals surface area contributed by atoms with Gasteiger partial charge < -0.3 is 15.4 Å². The molecule has 0 aromatic carbocycles. The fourth-order valence-corrected chi connectivity index (χ4v) is 2.55. The second kappa shape index (κ2) is 5.09. The molecule has 7 heteroatoms. The molecule has 0 amide bonds. The van der Waals surface area contributed by atoms with Crippen LogP contribution in [-0.4, -0.2) is 36.1 Å². The molecule has 2 unspecified atom stereocenters. The molecule has 1 aromatic heterocycles. The molecule has 1 aromatic rings. The van der Waals surface area contributed by atoms with Crippen LogP contribution in [0.2, 0.25) is 0 Å². The highest BCUT2D eigenvalue weighted by Gasteiger charge is 2.36. The van der Waals surface area contributed by atoms with E-state index in [-0.39, 0.29) is 17.8 Å². The number of methoxy groups -OCH3 is 1. The number of nitrogens with two attached hydrogens (primary N) is 1. The van der Waals surface area contributed by atoms with Gasteiger partial charge >= 0.3 is 5.97 Å². The molecule has 98 valence electrons. The Labute approximate surface area is 114 Å². The molecule has 2 N–H and O–H groups in total. The van der Waals surface area contributed by atoms with Crippen LogP contribution >= 0.6 is 15.9 Å². The summed E-state index contributed by atoms with van der Waals surface area (Å²) in [7, 11) is 1.41. The standard InChI is InChI=1S/C11H15BrN4O2/c1-6-4-16(5-7(6)10(17)18-2)11-14-8(12)3-9(13)15-11/h3,6-7H,4-5H2,1-2H3,(H2,13,14,15). The van der Waals surface area contributed by atoms with Crippen molar-refractivity contribution in [2.75, 3.05) is 30.8 Å². The SMILES string of the molecule is COC(=O)C1CN(c2nc(N)cc(Br)n2)CC1C. The Morgan fingerprint density at radius 1 is 1.56 bits per heavy atom. The molecular formula is C11H15BrN4O2. The maximum atomic E-state index is 11.6. The number of rotatable bonds is 2. The Morgan fingerprint density at radius 2 is 2.28 bits per heavy atom. The Morgan fingerprint density at radius 3 is 2.89 bits per heavy atom. The van der Waals surface area contributed by atoms with E-state index in [1.807, 2.05) is 11.8 Å². The monoisotopic (exact) mass is 314 g/mol. The number of halogens is 1. The maximum absolute atomic E-state index is 11.6. The van der Waals surface area contributed by atoms with Crippen molar-refractivity contribution < 1.29 is 9.53 Å². The summed E-state index contributed by atoms with van der Waals surface area (Å²) in [6.07, 6.45) is 0. The third kappa shape index (κ3) is 2.55. The summed E-state index contributed by atoms with van der Waals surface area (Å²) >= 11 is 3.28. The van der Waals surface area contributed by atoms with E-state index in [1.54, 1.807) is 6.07 Å². The number of hydrogen-bond donors (Lipinski definition) is 1. The van der Waals surface area contributed by atoms with E-state index in [9.17, 15) is 4.79 Å². The minimum atomic E-state index is -0.187. The second-order valence-electron chi connectivity index (χ2n) is 4.43. The molecule has 0 radical (unpaired) electrons. The van der Waals surface area contributed by atoms with Crippen LogP contribution in [0, 0.1) is 11.8 Å². The van der Waals surface area contributed by atoms with Crippen molar-refractivity contribution >= 4 is 33.7 Å². The summed E-state index contributed by atoms with van der Waals surface area (Å²) in [4.78, 5) is 22.0. The molecule has 0 bridgehead atoms. The summed E-state index contributed by atoms with van der Waals surface area (Å²) < 4.78 is 5.43. The highest BCUT2D eigenvalue weighted by atomic mass is 79.9. The molecule has 6 nitrogen and oxygen atoms in total. The van der Waals surface area contributed by atoms with E-state index in [2.05, 4.69) is 25.9 Å². The lowest BCUT2D eigenvalue weighted by molar-refractivity contribution is -0.145. The molecular weight excluding hydrogens is 300 g/mol. The number of carbonyl (C=O) groups excluding carboxylic acids is 1. The van der Waals surface area contributed by atoms with Crippen LogP contribution in [0.4, 0.5) is 11.8 Å². The molecule has 0 aliphatic carbocycles. The Bertz CT molecular complexity index is 448. The summed E-state index contributed by atoms with van der Waals surface area (Å²) in [6, 6.07) is 1.64. The van der Waals surface area contributed by atoms with E-state index in [4.69, 9.17) is 10.5 Å². The number of anilines is 2. The van der Waals surface area contributed by atoms with Crippen molar-refractivity contribution in [3.05, 3.63) is 10.7 Å². The topological polar surface area (TPSA) is 81.3 Å². The lowest BCUT2D eigenvalue weighted by Crippen LogP contribution is -2.25. The third-order valence-electron chi connectivity index (χ3n) is 3.10. The number of hydrogen-bond acceptors (Lipinski definition) is 6. The Balaban J connectivity index is 2.19. The minimum Gasteiger partial charge on any atom is -0.469 e. The van der Waals surface area contributed by atoms with Crippen LogP contribution in [0.3, 0.4) is 0 Å². The van der Waals surface area contributed by atoms with Gasteiger partial charge in [0.2, 0.25) is 5.95 Å². The third-order valence-corrected chi connectivity index (χ3v) is 3.51. The van der Waals surface area contributed by atoms with Gasteiger partial charge in [0.05, 0.1) is 13.0 Å². The first-order valence-corrected chi connectivity index (χ1v) is 6.43. The van der Waals surface area contributed by atoms with Gasteiger partial charge in [-0.05, 0) is 21.8 Å². The molecule has 1 fully saturated rings. The molecule has 0 saturated carbocycles. The number of aromatic nitrogens is 2. The summed E-state index contributed by atoms with van der Waals surface area (Å²) in [5.74, 6) is 0.828. The molecule has 1 aliphatic heterocycles. The van der Waals surface area contributed by atoms with Gasteiger partial charge in [0.1, 0.15) is 10.4 Å². The highest BCUT2D eigenvalue weighted by molar-refractivity contribution is 9.10. The van der Waals surface area contributed by atoms with Gasteiger partial charge in [-0.2, -0.15) is 4.98 Å². The molecule has 2 rings (SSSR count). The molecule has 18 heavy (non-hydrogen) atoms. The van der Waals surface area contributed by atoms with Crippen LogP contribution in [0.25, 0.3) is 0 Å². The summed E-state index contributed by atoms with van der Waals surface area (Å²) in [5, 5.41) is 0. The molecule has 1 saturated heterocycles. The van der Waals surface area contributed by atoms with Crippen LogP contribution in [0.15, 0.2) is 10.7 Å². The fraction of sp³-hybridized carbons (Fsp3) is 0.545. The Hall–Kier alpha value is -1.37. The maximum Gasteiger partial charge on any atom is 0.310 e. The van der Waals surface area contributed by atoms with Crippen LogP contribution in [-0.2, 0) is 9.53 Å². The van der Waals surface area contributed by atoms with E-state index in [1.165, 1.54) is 7.11 Å². The number of esters is 1. The quantitative estimate of drug-likeness (QED) is 0.649. The van der Waals surface area contributed by atoms with Gasteiger partial charge in [0.25, 0.3) is 0 Å². The van der Waals surface area contributed by atoms with Crippen molar-refractivity contribution in [2.24, 2.45) is 11.8 Å². The lowest BCUT2D eigenvalue weighted by Gasteiger charge is -2.16. The van der Waals surface area contributed by atoms with Gasteiger partial charge in [-0.15, -0.1) is 0 Å². The van der Waals surface area contributed by atoms with Crippen molar-refractivity contribution in [3.8, 4) is 0 Å². The first-order chi connectivity index (χ1) is 8.51. The normalized spacial score (nSPS) is 23.2. The first kappa shape index (κ1) is 13.1. The number of carbonyl (C=O) groups is 1. The number of ether oxygens (including phenoxy) is 1. The largest absolute Gasteiger partial charge is 0.469 e. The molecule has 2 heterocycles. The van der Waals surface area contributed by atoms with E-state index >= 15 is 0 Å². The fourth-order valence-electron chi connectivity index (χ4n) is 2.15. The van der Waals surface area contributed by atoms with E-state index in [0.29, 0.717) is 22.9 Å². The average Bonchev–Trinajstić information content (AvgIpc) is 2.69. The molecule has 0 spiro atoms. The summed E-state index contributed by atoms with van der Waals surface area (Å²) in [5.41, 5.74) is 5.68. The van der Waals surface area contributed by atoms with Crippen LogP contribution in [0.5, 0.6) is 0 Å². The molecule has 1 aliphatic rings. The highest BCUT2D eigenvalue weighted by Crippen LogP contribution is 2.28. The van der Waals surface area contributed by atoms with Gasteiger partial charge in [0.15, 0.2) is 0 Å². The van der Waals surface area contributed by atoms with Gasteiger partial charge in [-0.3, -0.25) is 4.79 Å². The van der Waals surface area contributed by atoms with Gasteiger partial charge in [-0.25, -0.2) is 4.98 Å². The van der Waals surface area contributed by atoms with Crippen LogP contribution < -0.4 is 10.6 Å². The van der Waals surface area contributed by atoms with Gasteiger partial charge in [0, 0.05) is 19.2 Å². The predicted octanol–water partition coefficient (Wildman–Crippen LogP) is 1.07. The van der Waals surface area contributed by atoms with Crippen LogP contribution in [0.1, 0.15) is 6.92 Å². The second-order valence-corrected chi connectivity index (χ2v) is 5.24. The smallest absolute Gasteiger partial charge is 0.310 e. The lowest BCUT2D eigenvalue weighted by atomic mass is 9.99. The molecule has 2 atom stereocenters. The van der Waals surface area contributed by atoms with Gasteiger partial charge in [-0.1, -0.05) is 6.92 Å².